The first kappa shape index (κ1) is 13.2. The van der Waals surface area contributed by atoms with Crippen LogP contribution in [-0.4, -0.2) is 41.4 Å². The monoisotopic (exact) mass is 257 g/mol. The molecule has 0 spiro atoms. The van der Waals surface area contributed by atoms with E-state index in [2.05, 4.69) is 24.5 Å². The summed E-state index contributed by atoms with van der Waals surface area (Å²) in [6.07, 6.45) is 4.76. The average molecular weight is 257 g/mol. The summed E-state index contributed by atoms with van der Waals surface area (Å²) in [5.74, 6) is 0.886. The lowest BCUT2D eigenvalue weighted by atomic mass is 10.0. The topological polar surface area (TPSA) is 29.5 Å². The first-order chi connectivity index (χ1) is 8.06. The minimum atomic E-state index is -0.332. The van der Waals surface area contributed by atoms with Crippen LogP contribution in [0.25, 0.3) is 0 Å². The molecule has 0 aromatic heterocycles. The number of nitrogens with zero attached hydrogens (tertiary/aromatic N) is 1. The van der Waals surface area contributed by atoms with Gasteiger partial charge in [0.05, 0.1) is 6.10 Å². The number of rotatable bonds is 3. The Morgan fingerprint density at radius 1 is 1.47 bits per heavy atom. The number of likely N-dealkylation sites (tertiary alicyclic amines) is 1. The molecule has 1 saturated heterocycles. The number of carbonyl (C=O) groups excluding carboxylic acids is 1. The smallest absolute Gasteiger partial charge is 0.238 e. The lowest BCUT2D eigenvalue weighted by molar-refractivity contribution is -0.135. The number of fused-ring (bicyclic) bond motifs is 1. The molecular weight excluding hydrogens is 234 g/mol. The van der Waals surface area contributed by atoms with Gasteiger partial charge in [0.25, 0.3) is 0 Å². The van der Waals surface area contributed by atoms with Gasteiger partial charge in [0.2, 0.25) is 5.91 Å². The molecule has 1 aliphatic heterocycles. The predicted octanol–water partition coefficient (Wildman–Crippen LogP) is 2.11. The van der Waals surface area contributed by atoms with Gasteiger partial charge in [-0.05, 0) is 39.0 Å². The molecule has 0 bridgehead atoms. The first-order valence-corrected chi connectivity index (χ1v) is 7.11. The maximum atomic E-state index is 12.5. The lowest BCUT2D eigenvalue weighted by Gasteiger charge is -2.31. The second kappa shape index (κ2) is 5.19. The molecule has 5 atom stereocenters. The van der Waals surface area contributed by atoms with Gasteiger partial charge in [-0.3, -0.25) is 4.79 Å². The molecule has 3 unspecified atom stereocenters. The van der Waals surface area contributed by atoms with Crippen LogP contribution in [0.15, 0.2) is 0 Å². The van der Waals surface area contributed by atoms with E-state index >= 15 is 0 Å². The standard InChI is InChI=1S/C13H23NO2S/c1-8-7-10-5-4-6-11(10)14(8)13(15)12(17)9(2)16-3/h8-12,17H,4-7H2,1-3H3/t8-,9?,10?,11?,12+/m1/s1. The van der Waals surface area contributed by atoms with Crippen LogP contribution in [0, 0.1) is 5.92 Å². The highest BCUT2D eigenvalue weighted by molar-refractivity contribution is 7.81. The molecule has 3 nitrogen and oxygen atoms in total. The highest BCUT2D eigenvalue weighted by Gasteiger charge is 2.45. The number of ether oxygens (including phenoxy) is 1. The predicted molar refractivity (Wildman–Crippen MR) is 71.3 cm³/mol. The largest absolute Gasteiger partial charge is 0.380 e. The van der Waals surface area contributed by atoms with Crippen LogP contribution in [0.4, 0.5) is 0 Å². The highest BCUT2D eigenvalue weighted by atomic mass is 32.1. The SMILES string of the molecule is COC(C)[C@H](S)C(=O)N1C2CCCC2C[C@H]1C. The van der Waals surface area contributed by atoms with Gasteiger partial charge in [-0.15, -0.1) is 0 Å². The van der Waals surface area contributed by atoms with Crippen molar-refractivity contribution < 1.29 is 9.53 Å². The quantitative estimate of drug-likeness (QED) is 0.785. The molecule has 1 amide bonds. The van der Waals surface area contributed by atoms with Crippen molar-refractivity contribution in [2.75, 3.05) is 7.11 Å². The van der Waals surface area contributed by atoms with Crippen LogP contribution >= 0.6 is 12.6 Å². The maximum Gasteiger partial charge on any atom is 0.238 e. The average Bonchev–Trinajstić information content (AvgIpc) is 2.85. The molecule has 4 heteroatoms. The Kier molecular flexibility index (Phi) is 4.03. The summed E-state index contributed by atoms with van der Waals surface area (Å²) in [6, 6.07) is 0.840. The van der Waals surface area contributed by atoms with Crippen LogP contribution in [0.2, 0.25) is 0 Å². The van der Waals surface area contributed by atoms with Gasteiger partial charge in [0, 0.05) is 19.2 Å². The molecule has 2 rings (SSSR count). The minimum absolute atomic E-state index is 0.126. The molecular formula is C13H23NO2S. The number of hydrogen-bond acceptors (Lipinski definition) is 3. The molecule has 98 valence electrons. The van der Waals surface area contributed by atoms with E-state index in [0.29, 0.717) is 12.1 Å². The van der Waals surface area contributed by atoms with E-state index in [4.69, 9.17) is 4.74 Å². The van der Waals surface area contributed by atoms with Crippen molar-refractivity contribution in [1.82, 2.24) is 4.90 Å². The third-order valence-electron chi connectivity index (χ3n) is 4.42. The summed E-state index contributed by atoms with van der Waals surface area (Å²) >= 11 is 4.43. The highest BCUT2D eigenvalue weighted by Crippen LogP contribution is 2.41. The van der Waals surface area contributed by atoms with Crippen molar-refractivity contribution in [3.63, 3.8) is 0 Å². The van der Waals surface area contributed by atoms with Crippen molar-refractivity contribution in [2.24, 2.45) is 5.92 Å². The molecule has 0 radical (unpaired) electrons. The number of thiol groups is 1. The Morgan fingerprint density at radius 3 is 2.82 bits per heavy atom. The van der Waals surface area contributed by atoms with Crippen molar-refractivity contribution in [3.05, 3.63) is 0 Å². The van der Waals surface area contributed by atoms with Gasteiger partial charge >= 0.3 is 0 Å². The van der Waals surface area contributed by atoms with E-state index in [1.54, 1.807) is 7.11 Å². The number of methoxy groups -OCH3 is 1. The van der Waals surface area contributed by atoms with Gasteiger partial charge < -0.3 is 9.64 Å². The third kappa shape index (κ3) is 2.34. The van der Waals surface area contributed by atoms with Crippen LogP contribution in [0.5, 0.6) is 0 Å². The molecule has 0 N–H and O–H groups in total. The molecule has 1 saturated carbocycles. The zero-order valence-corrected chi connectivity index (χ0v) is 11.8. The molecule has 1 heterocycles. The Hall–Kier alpha value is -0.220. The minimum Gasteiger partial charge on any atom is -0.380 e. The number of carbonyl (C=O) groups is 1. The Balaban J connectivity index is 2.08. The molecule has 17 heavy (non-hydrogen) atoms. The van der Waals surface area contributed by atoms with Crippen molar-refractivity contribution in [2.45, 2.75) is 63.0 Å². The Bertz CT molecular complexity index is 297. The Morgan fingerprint density at radius 2 is 2.18 bits per heavy atom. The third-order valence-corrected chi connectivity index (χ3v) is 5.06. The fraction of sp³-hybridized carbons (Fsp3) is 0.923. The van der Waals surface area contributed by atoms with Gasteiger partial charge in [-0.2, -0.15) is 12.6 Å². The van der Waals surface area contributed by atoms with Crippen molar-refractivity contribution >= 4 is 18.5 Å². The fourth-order valence-corrected chi connectivity index (χ4v) is 3.66. The van der Waals surface area contributed by atoms with Gasteiger partial charge in [0.15, 0.2) is 0 Å². The van der Waals surface area contributed by atoms with E-state index in [0.717, 1.165) is 12.3 Å². The zero-order chi connectivity index (χ0) is 12.6. The normalized spacial score (nSPS) is 35.8. The van der Waals surface area contributed by atoms with Crippen LogP contribution in [0.1, 0.15) is 39.5 Å². The summed E-state index contributed by atoms with van der Waals surface area (Å²) in [4.78, 5) is 14.6. The Labute approximate surface area is 109 Å². The number of amides is 1. The van der Waals surface area contributed by atoms with Crippen molar-refractivity contribution in [1.29, 1.82) is 0 Å². The first-order valence-electron chi connectivity index (χ1n) is 6.59. The van der Waals surface area contributed by atoms with E-state index in [1.165, 1.54) is 19.3 Å². The molecule has 0 aromatic rings. The van der Waals surface area contributed by atoms with E-state index in [9.17, 15) is 4.79 Å². The summed E-state index contributed by atoms with van der Waals surface area (Å²) in [6.45, 7) is 4.07. The second-order valence-electron chi connectivity index (χ2n) is 5.47. The fourth-order valence-electron chi connectivity index (χ4n) is 3.40. The van der Waals surface area contributed by atoms with Gasteiger partial charge in [-0.1, -0.05) is 6.42 Å². The summed E-state index contributed by atoms with van der Waals surface area (Å²) in [5.41, 5.74) is 0. The van der Waals surface area contributed by atoms with E-state index in [-0.39, 0.29) is 17.3 Å². The van der Waals surface area contributed by atoms with Crippen LogP contribution < -0.4 is 0 Å². The van der Waals surface area contributed by atoms with Crippen LogP contribution in [-0.2, 0) is 9.53 Å². The van der Waals surface area contributed by atoms with Gasteiger partial charge in [0.1, 0.15) is 5.25 Å². The van der Waals surface area contributed by atoms with Crippen molar-refractivity contribution in [3.8, 4) is 0 Å². The van der Waals surface area contributed by atoms with E-state index in [1.807, 2.05) is 6.92 Å². The summed E-state index contributed by atoms with van der Waals surface area (Å²) in [5, 5.41) is -0.332. The molecule has 2 aliphatic rings. The molecule has 1 aliphatic carbocycles. The second-order valence-corrected chi connectivity index (χ2v) is 6.03. The van der Waals surface area contributed by atoms with Gasteiger partial charge in [-0.25, -0.2) is 0 Å². The molecule has 2 fully saturated rings. The molecule has 0 aromatic carbocycles. The van der Waals surface area contributed by atoms with E-state index < -0.39 is 0 Å². The zero-order valence-electron chi connectivity index (χ0n) is 10.9. The van der Waals surface area contributed by atoms with Crippen LogP contribution in [0.3, 0.4) is 0 Å². The summed E-state index contributed by atoms with van der Waals surface area (Å²) < 4.78 is 5.22. The summed E-state index contributed by atoms with van der Waals surface area (Å²) in [7, 11) is 1.63. The lowest BCUT2D eigenvalue weighted by Crippen LogP contribution is -2.47. The number of hydrogen-bond donors (Lipinski definition) is 1. The maximum absolute atomic E-state index is 12.5.